The monoisotopic (exact) mass is 499 g/mol. The SMILES string of the molecule is O=C(CSc1nc2ccccc2s1)N/N=C/c1cc(Br)cc(Br)c1O. The lowest BCUT2D eigenvalue weighted by atomic mass is 10.2. The van der Waals surface area contributed by atoms with Crippen molar-refractivity contribution in [3.05, 3.63) is 50.9 Å². The molecule has 0 aliphatic heterocycles. The zero-order chi connectivity index (χ0) is 17.8. The van der Waals surface area contributed by atoms with Gasteiger partial charge in [0.15, 0.2) is 4.34 Å². The largest absolute Gasteiger partial charge is 0.506 e. The number of rotatable bonds is 5. The lowest BCUT2D eigenvalue weighted by Gasteiger charge is -2.03. The zero-order valence-electron chi connectivity index (χ0n) is 12.6. The molecule has 25 heavy (non-hydrogen) atoms. The van der Waals surface area contributed by atoms with E-state index in [-0.39, 0.29) is 17.4 Å². The Hall–Kier alpha value is -1.42. The lowest BCUT2D eigenvalue weighted by Crippen LogP contribution is -2.19. The molecule has 1 amide bonds. The van der Waals surface area contributed by atoms with Crippen LogP contribution in [0.15, 0.2) is 54.8 Å². The highest BCUT2D eigenvalue weighted by Gasteiger charge is 2.08. The van der Waals surface area contributed by atoms with Crippen molar-refractivity contribution in [1.29, 1.82) is 0 Å². The van der Waals surface area contributed by atoms with Crippen molar-refractivity contribution >= 4 is 77.3 Å². The summed E-state index contributed by atoms with van der Waals surface area (Å²) < 4.78 is 3.27. The fourth-order valence-corrected chi connectivity index (χ4v) is 5.05. The van der Waals surface area contributed by atoms with Crippen LogP contribution in [0.4, 0.5) is 0 Å². The minimum absolute atomic E-state index is 0.0602. The fourth-order valence-electron chi connectivity index (χ4n) is 1.93. The van der Waals surface area contributed by atoms with E-state index in [0.29, 0.717) is 10.0 Å². The molecule has 3 aromatic rings. The predicted molar refractivity (Wildman–Crippen MR) is 110 cm³/mol. The summed E-state index contributed by atoms with van der Waals surface area (Å²) in [6.45, 7) is 0. The Kier molecular flexibility index (Phi) is 6.10. The molecule has 0 aliphatic rings. The molecule has 0 spiro atoms. The second-order valence-electron chi connectivity index (χ2n) is 4.85. The van der Waals surface area contributed by atoms with Crippen LogP contribution in [0.1, 0.15) is 5.56 Å². The summed E-state index contributed by atoms with van der Waals surface area (Å²) in [5, 5.41) is 13.8. The summed E-state index contributed by atoms with van der Waals surface area (Å²) in [6, 6.07) is 11.3. The molecular weight excluding hydrogens is 490 g/mol. The van der Waals surface area contributed by atoms with E-state index >= 15 is 0 Å². The van der Waals surface area contributed by atoms with Gasteiger partial charge in [-0.25, -0.2) is 10.4 Å². The molecule has 0 atom stereocenters. The quantitative estimate of drug-likeness (QED) is 0.300. The molecule has 0 saturated heterocycles. The van der Waals surface area contributed by atoms with Crippen LogP contribution < -0.4 is 5.43 Å². The first-order valence-electron chi connectivity index (χ1n) is 7.01. The Morgan fingerprint density at radius 1 is 1.36 bits per heavy atom. The number of thiazole rings is 1. The summed E-state index contributed by atoms with van der Waals surface area (Å²) >= 11 is 9.50. The van der Waals surface area contributed by atoms with Crippen molar-refractivity contribution in [1.82, 2.24) is 10.4 Å². The van der Waals surface area contributed by atoms with Crippen LogP contribution in [-0.4, -0.2) is 28.0 Å². The molecule has 0 bridgehead atoms. The van der Waals surface area contributed by atoms with Crippen molar-refractivity contribution in [2.45, 2.75) is 4.34 Å². The van der Waals surface area contributed by atoms with E-state index in [1.807, 2.05) is 24.3 Å². The van der Waals surface area contributed by atoms with Gasteiger partial charge in [-0.1, -0.05) is 39.8 Å². The first kappa shape index (κ1) is 18.4. The van der Waals surface area contributed by atoms with E-state index in [2.05, 4.69) is 47.4 Å². The minimum Gasteiger partial charge on any atom is -0.506 e. The second-order valence-corrected chi connectivity index (χ2v) is 8.88. The molecule has 5 nitrogen and oxygen atoms in total. The van der Waals surface area contributed by atoms with Gasteiger partial charge in [-0.15, -0.1) is 11.3 Å². The molecular formula is C16H11Br2N3O2S2. The van der Waals surface area contributed by atoms with Gasteiger partial charge >= 0.3 is 0 Å². The molecule has 0 radical (unpaired) electrons. The van der Waals surface area contributed by atoms with E-state index < -0.39 is 0 Å². The first-order valence-corrected chi connectivity index (χ1v) is 10.4. The van der Waals surface area contributed by atoms with E-state index in [4.69, 9.17) is 0 Å². The van der Waals surface area contributed by atoms with Gasteiger partial charge in [0, 0.05) is 10.0 Å². The predicted octanol–water partition coefficient (Wildman–Crippen LogP) is 4.77. The number of para-hydroxylation sites is 1. The Bertz CT molecular complexity index is 927. The normalized spacial score (nSPS) is 11.3. The van der Waals surface area contributed by atoms with Gasteiger partial charge in [-0.3, -0.25) is 4.79 Å². The van der Waals surface area contributed by atoms with Crippen molar-refractivity contribution in [3.63, 3.8) is 0 Å². The number of amides is 1. The highest BCUT2D eigenvalue weighted by Crippen LogP contribution is 2.31. The first-order chi connectivity index (χ1) is 12.0. The summed E-state index contributed by atoms with van der Waals surface area (Å²) in [5.41, 5.74) is 3.87. The minimum atomic E-state index is -0.242. The smallest absolute Gasteiger partial charge is 0.250 e. The van der Waals surface area contributed by atoms with Crippen LogP contribution in [0.3, 0.4) is 0 Å². The third-order valence-corrected chi connectivity index (χ3v) is 6.29. The van der Waals surface area contributed by atoms with Crippen LogP contribution in [-0.2, 0) is 4.79 Å². The van der Waals surface area contributed by atoms with E-state index in [1.54, 1.807) is 23.5 Å². The lowest BCUT2D eigenvalue weighted by molar-refractivity contribution is -0.118. The molecule has 0 fully saturated rings. The van der Waals surface area contributed by atoms with Crippen molar-refractivity contribution in [3.8, 4) is 5.75 Å². The Morgan fingerprint density at radius 3 is 2.96 bits per heavy atom. The van der Waals surface area contributed by atoms with Gasteiger partial charge in [0.2, 0.25) is 0 Å². The number of aromatic hydroxyl groups is 1. The fraction of sp³-hybridized carbons (Fsp3) is 0.0625. The number of benzene rings is 2. The maximum absolute atomic E-state index is 11.9. The van der Waals surface area contributed by atoms with Gasteiger partial charge in [0.25, 0.3) is 5.91 Å². The van der Waals surface area contributed by atoms with Crippen LogP contribution in [0, 0.1) is 0 Å². The average Bonchev–Trinajstić information content (AvgIpc) is 3.00. The number of nitrogens with zero attached hydrogens (tertiary/aromatic N) is 2. The highest BCUT2D eigenvalue weighted by molar-refractivity contribution is 9.11. The van der Waals surface area contributed by atoms with E-state index in [0.717, 1.165) is 19.0 Å². The number of hydrogen-bond acceptors (Lipinski definition) is 6. The molecule has 0 unspecified atom stereocenters. The summed E-state index contributed by atoms with van der Waals surface area (Å²) in [6.07, 6.45) is 1.39. The highest BCUT2D eigenvalue weighted by atomic mass is 79.9. The van der Waals surface area contributed by atoms with Crippen LogP contribution in [0.2, 0.25) is 0 Å². The molecule has 3 rings (SSSR count). The number of fused-ring (bicyclic) bond motifs is 1. The van der Waals surface area contributed by atoms with Crippen LogP contribution >= 0.6 is 55.0 Å². The van der Waals surface area contributed by atoms with Gasteiger partial charge in [-0.05, 0) is 40.2 Å². The summed E-state index contributed by atoms with van der Waals surface area (Å²) in [7, 11) is 0. The number of nitrogens with one attached hydrogen (secondary N) is 1. The van der Waals surface area contributed by atoms with Gasteiger partial charge in [-0.2, -0.15) is 5.10 Å². The van der Waals surface area contributed by atoms with Gasteiger partial charge in [0.05, 0.1) is 26.7 Å². The molecule has 9 heteroatoms. The van der Waals surface area contributed by atoms with E-state index in [1.165, 1.54) is 18.0 Å². The van der Waals surface area contributed by atoms with Crippen LogP contribution in [0.5, 0.6) is 5.75 Å². The second kappa shape index (κ2) is 8.31. The molecule has 0 aliphatic carbocycles. The standard InChI is InChI=1S/C16H11Br2N3O2S2/c17-10-5-9(15(23)11(18)6-10)7-19-21-14(22)8-24-16-20-12-3-1-2-4-13(12)25-16/h1-7,23H,8H2,(H,21,22)/b19-7+. The number of phenols is 1. The number of carbonyl (C=O) groups is 1. The van der Waals surface area contributed by atoms with Crippen molar-refractivity contribution < 1.29 is 9.90 Å². The molecule has 2 N–H and O–H groups in total. The third-order valence-electron chi connectivity index (χ3n) is 3.05. The van der Waals surface area contributed by atoms with Gasteiger partial charge < -0.3 is 5.11 Å². The average molecular weight is 501 g/mol. The van der Waals surface area contributed by atoms with E-state index in [9.17, 15) is 9.90 Å². The van der Waals surface area contributed by atoms with Crippen molar-refractivity contribution in [2.75, 3.05) is 5.75 Å². The maximum Gasteiger partial charge on any atom is 0.250 e. The summed E-state index contributed by atoms with van der Waals surface area (Å²) in [4.78, 5) is 16.4. The summed E-state index contributed by atoms with van der Waals surface area (Å²) in [5.74, 6) is 0.0322. The van der Waals surface area contributed by atoms with Gasteiger partial charge in [0.1, 0.15) is 5.75 Å². The molecule has 1 heterocycles. The number of carbonyl (C=O) groups excluding carboxylic acids is 1. The Balaban J connectivity index is 1.56. The number of halogens is 2. The zero-order valence-corrected chi connectivity index (χ0v) is 17.4. The molecule has 0 saturated carbocycles. The maximum atomic E-state index is 11.9. The molecule has 128 valence electrons. The number of aromatic nitrogens is 1. The molecule has 2 aromatic carbocycles. The number of phenolic OH excluding ortho intramolecular Hbond substituents is 1. The van der Waals surface area contributed by atoms with Crippen molar-refractivity contribution in [2.24, 2.45) is 5.10 Å². The Labute approximate surface area is 168 Å². The number of thioether (sulfide) groups is 1. The number of hydrazone groups is 1. The van der Waals surface area contributed by atoms with Crippen LogP contribution in [0.25, 0.3) is 10.2 Å². The number of hydrogen-bond donors (Lipinski definition) is 2. The molecule has 1 aromatic heterocycles. The topological polar surface area (TPSA) is 74.6 Å². The Morgan fingerprint density at radius 2 is 2.16 bits per heavy atom. The third kappa shape index (κ3) is 4.81.